The molecule has 0 atom stereocenters. The van der Waals surface area contributed by atoms with Crippen LogP contribution < -0.4 is 10.8 Å². The van der Waals surface area contributed by atoms with Crippen LogP contribution in [-0.4, -0.2) is 24.7 Å². The first-order valence-corrected chi connectivity index (χ1v) is 11.4. The summed E-state index contributed by atoms with van der Waals surface area (Å²) < 4.78 is 30.3. The Morgan fingerprint density at radius 3 is 2.10 bits per heavy atom. The van der Waals surface area contributed by atoms with E-state index < -0.39 is 7.60 Å². The molecule has 0 saturated heterocycles. The third-order valence-corrected chi connectivity index (χ3v) is 6.27. The largest absolute Gasteiger partial charge is 0.424 e. The van der Waals surface area contributed by atoms with Gasteiger partial charge in [0.25, 0.3) is 0 Å². The molecule has 29 heavy (non-hydrogen) atoms. The van der Waals surface area contributed by atoms with Gasteiger partial charge in [-0.2, -0.15) is 0 Å². The monoisotopic (exact) mass is 414 g/mol. The highest BCUT2D eigenvalue weighted by molar-refractivity contribution is 7.62. The van der Waals surface area contributed by atoms with E-state index in [4.69, 9.17) is 13.5 Å². The van der Waals surface area contributed by atoms with Gasteiger partial charge in [-0.3, -0.25) is 4.57 Å². The van der Waals surface area contributed by atoms with Crippen LogP contribution in [0.3, 0.4) is 0 Å². The van der Waals surface area contributed by atoms with Crippen molar-refractivity contribution in [1.82, 2.24) is 4.98 Å². The number of anilines is 1. The predicted octanol–water partition coefficient (Wildman–Crippen LogP) is 4.81. The number of benzene rings is 2. The van der Waals surface area contributed by atoms with Crippen molar-refractivity contribution in [2.75, 3.05) is 25.1 Å². The van der Waals surface area contributed by atoms with Gasteiger partial charge in [-0.05, 0) is 31.4 Å². The quantitative estimate of drug-likeness (QED) is 0.454. The predicted molar refractivity (Wildman–Crippen MR) is 115 cm³/mol. The molecule has 3 aromatic rings. The first-order valence-electron chi connectivity index (χ1n) is 9.85. The maximum atomic E-state index is 13.3. The van der Waals surface area contributed by atoms with E-state index in [1.165, 1.54) is 5.56 Å². The lowest BCUT2D eigenvalue weighted by Crippen LogP contribution is -2.18. The molecule has 0 aliphatic heterocycles. The lowest BCUT2D eigenvalue weighted by Gasteiger charge is -2.15. The number of aromatic nitrogens is 1. The van der Waals surface area contributed by atoms with Crippen molar-refractivity contribution < 1.29 is 18.0 Å². The van der Waals surface area contributed by atoms with Crippen LogP contribution in [0.15, 0.2) is 65.1 Å². The molecule has 0 spiro atoms. The molecule has 154 valence electrons. The standard InChI is InChI=1S/C22H27N2O4P/c1-3-26-29(25,27-4-2)22-21(23-16-15-18-11-7-5-8-12-18)28-20(24-22)17-19-13-9-6-10-14-19/h5-14,23H,3-4,15-17H2,1-2H3. The SMILES string of the molecule is CCOP(=O)(OCC)c1nc(Cc2ccccc2)oc1NCCc1ccccc1. The number of hydrogen-bond donors (Lipinski definition) is 1. The normalized spacial score (nSPS) is 11.5. The van der Waals surface area contributed by atoms with Crippen molar-refractivity contribution >= 4 is 18.9 Å². The fourth-order valence-corrected chi connectivity index (χ4v) is 4.57. The number of hydrogen-bond acceptors (Lipinski definition) is 6. The lowest BCUT2D eigenvalue weighted by atomic mass is 10.1. The van der Waals surface area contributed by atoms with Crippen molar-refractivity contribution in [2.45, 2.75) is 26.7 Å². The molecule has 0 saturated carbocycles. The second kappa shape index (κ2) is 10.4. The fourth-order valence-electron chi connectivity index (χ4n) is 2.97. The Balaban J connectivity index is 1.83. The Hall–Kier alpha value is -2.40. The minimum Gasteiger partial charge on any atom is -0.424 e. The summed E-state index contributed by atoms with van der Waals surface area (Å²) in [5, 5.41) is 3.23. The molecule has 0 amide bonds. The van der Waals surface area contributed by atoms with E-state index in [0.717, 1.165) is 12.0 Å². The molecule has 0 aliphatic rings. The summed E-state index contributed by atoms with van der Waals surface area (Å²) in [5.74, 6) is 0.810. The molecule has 1 aromatic heterocycles. The summed E-state index contributed by atoms with van der Waals surface area (Å²) in [5.41, 5.74) is 2.46. The fraction of sp³-hybridized carbons (Fsp3) is 0.318. The Bertz CT molecular complexity index is 919. The zero-order valence-corrected chi connectivity index (χ0v) is 17.7. The highest BCUT2D eigenvalue weighted by Crippen LogP contribution is 2.48. The molecular weight excluding hydrogens is 387 g/mol. The highest BCUT2D eigenvalue weighted by atomic mass is 31.2. The van der Waals surface area contributed by atoms with Gasteiger partial charge in [-0.15, -0.1) is 0 Å². The molecule has 3 rings (SSSR count). The van der Waals surface area contributed by atoms with Crippen molar-refractivity contribution in [1.29, 1.82) is 0 Å². The van der Waals surface area contributed by atoms with E-state index in [-0.39, 0.29) is 18.6 Å². The van der Waals surface area contributed by atoms with Gasteiger partial charge in [-0.25, -0.2) is 4.98 Å². The van der Waals surface area contributed by atoms with E-state index in [1.807, 2.05) is 48.5 Å². The summed E-state index contributed by atoms with van der Waals surface area (Å²) in [6.45, 7) is 4.66. The molecule has 0 fully saturated rings. The number of oxazole rings is 1. The highest BCUT2D eigenvalue weighted by Gasteiger charge is 2.35. The molecule has 1 N–H and O–H groups in total. The zero-order valence-electron chi connectivity index (χ0n) is 16.8. The van der Waals surface area contributed by atoms with Crippen LogP contribution in [0.1, 0.15) is 30.9 Å². The topological polar surface area (TPSA) is 73.6 Å². The average molecular weight is 414 g/mol. The third kappa shape index (κ3) is 5.80. The summed E-state index contributed by atoms with van der Waals surface area (Å²) >= 11 is 0. The van der Waals surface area contributed by atoms with E-state index in [1.54, 1.807) is 13.8 Å². The van der Waals surface area contributed by atoms with Crippen LogP contribution in [0, 0.1) is 0 Å². The van der Waals surface area contributed by atoms with Crippen LogP contribution >= 0.6 is 7.60 Å². The minimum atomic E-state index is -3.57. The molecule has 6 nitrogen and oxygen atoms in total. The second-order valence-corrected chi connectivity index (χ2v) is 8.35. The van der Waals surface area contributed by atoms with Gasteiger partial charge < -0.3 is 18.8 Å². The Kier molecular flexibility index (Phi) is 7.64. The van der Waals surface area contributed by atoms with Crippen LogP contribution in [-0.2, 0) is 26.5 Å². The van der Waals surface area contributed by atoms with Crippen molar-refractivity contribution in [3.8, 4) is 0 Å². The summed E-state index contributed by atoms with van der Waals surface area (Å²) in [7, 11) is -3.57. The molecule has 0 aliphatic carbocycles. The van der Waals surface area contributed by atoms with Crippen LogP contribution in [0.25, 0.3) is 0 Å². The van der Waals surface area contributed by atoms with E-state index in [9.17, 15) is 4.57 Å². The van der Waals surface area contributed by atoms with Crippen LogP contribution in [0.2, 0.25) is 0 Å². The molecule has 1 heterocycles. The van der Waals surface area contributed by atoms with Gasteiger partial charge in [-0.1, -0.05) is 60.7 Å². The van der Waals surface area contributed by atoms with Crippen molar-refractivity contribution in [2.24, 2.45) is 0 Å². The Morgan fingerprint density at radius 2 is 1.52 bits per heavy atom. The van der Waals surface area contributed by atoms with Crippen LogP contribution in [0.4, 0.5) is 5.88 Å². The maximum absolute atomic E-state index is 13.3. The second-order valence-electron chi connectivity index (χ2n) is 6.42. The van der Waals surface area contributed by atoms with Crippen LogP contribution in [0.5, 0.6) is 0 Å². The summed E-state index contributed by atoms with van der Waals surface area (Å²) in [4.78, 5) is 4.50. The van der Waals surface area contributed by atoms with Gasteiger partial charge in [0.1, 0.15) is 0 Å². The minimum absolute atomic E-state index is 0.209. The molecular formula is C22H27N2O4P. The summed E-state index contributed by atoms with van der Waals surface area (Å²) in [6.07, 6.45) is 1.29. The Morgan fingerprint density at radius 1 is 0.931 bits per heavy atom. The van der Waals surface area contributed by atoms with E-state index >= 15 is 0 Å². The lowest BCUT2D eigenvalue weighted by molar-refractivity contribution is 0.229. The molecule has 0 radical (unpaired) electrons. The van der Waals surface area contributed by atoms with Gasteiger partial charge in [0.05, 0.1) is 13.2 Å². The number of nitrogens with one attached hydrogen (secondary N) is 1. The first-order chi connectivity index (χ1) is 14.1. The zero-order chi connectivity index (χ0) is 20.5. The number of rotatable bonds is 11. The van der Waals surface area contributed by atoms with Gasteiger partial charge >= 0.3 is 7.60 Å². The van der Waals surface area contributed by atoms with Gasteiger partial charge in [0.2, 0.25) is 17.2 Å². The van der Waals surface area contributed by atoms with Crippen molar-refractivity contribution in [3.63, 3.8) is 0 Å². The van der Waals surface area contributed by atoms with E-state index in [0.29, 0.717) is 24.7 Å². The summed E-state index contributed by atoms with van der Waals surface area (Å²) in [6, 6.07) is 20.0. The molecule has 0 bridgehead atoms. The third-order valence-electron chi connectivity index (χ3n) is 4.25. The van der Waals surface area contributed by atoms with E-state index in [2.05, 4.69) is 22.4 Å². The average Bonchev–Trinajstić information content (AvgIpc) is 3.13. The van der Waals surface area contributed by atoms with Gasteiger partial charge in [0, 0.05) is 13.0 Å². The number of nitrogens with zero attached hydrogens (tertiary/aromatic N) is 1. The maximum Gasteiger partial charge on any atom is 0.385 e. The van der Waals surface area contributed by atoms with Gasteiger partial charge in [0.15, 0.2) is 0 Å². The smallest absolute Gasteiger partial charge is 0.385 e. The molecule has 2 aromatic carbocycles. The Labute approximate surface area is 171 Å². The molecule has 7 heteroatoms. The molecule has 0 unspecified atom stereocenters. The first kappa shape index (κ1) is 21.3. The van der Waals surface area contributed by atoms with Crippen molar-refractivity contribution in [3.05, 3.63) is 77.7 Å².